The van der Waals surface area contributed by atoms with Gasteiger partial charge in [-0.1, -0.05) is 0 Å². The van der Waals surface area contributed by atoms with Crippen LogP contribution in [0.25, 0.3) is 10.9 Å². The summed E-state index contributed by atoms with van der Waals surface area (Å²) in [7, 11) is 0. The number of phenolic OH excluding ortho intramolecular Hbond substituents is 1. The predicted octanol–water partition coefficient (Wildman–Crippen LogP) is 3.22. The lowest BCUT2D eigenvalue weighted by Crippen LogP contribution is -1.98. The lowest BCUT2D eigenvalue weighted by molar-refractivity contribution is 0.480. The van der Waals surface area contributed by atoms with Crippen LogP contribution in [-0.4, -0.2) is 22.2 Å². The smallest absolute Gasteiger partial charge is 0.141 e. The molecule has 0 radical (unpaired) electrons. The minimum absolute atomic E-state index is 0.147. The molecule has 1 aliphatic rings. The van der Waals surface area contributed by atoms with Crippen LogP contribution in [0, 0.1) is 6.92 Å². The molecule has 1 atom stereocenters. The van der Waals surface area contributed by atoms with Gasteiger partial charge in [0.15, 0.2) is 0 Å². The van der Waals surface area contributed by atoms with E-state index >= 15 is 0 Å². The van der Waals surface area contributed by atoms with Crippen LogP contribution in [-0.2, 0) is 0 Å². The highest BCUT2D eigenvalue weighted by Gasteiger charge is 2.24. The summed E-state index contributed by atoms with van der Waals surface area (Å²) in [6, 6.07) is 1.69. The molecule has 1 aliphatic heterocycles. The van der Waals surface area contributed by atoms with Crippen molar-refractivity contribution in [1.82, 2.24) is 4.98 Å². The quantitative estimate of drug-likeness (QED) is 0.732. The molecule has 0 saturated heterocycles. The number of aromatic hydroxyl groups is 1. The number of aliphatic imine (C=N–C) groups is 1. The topological polar surface area (TPSA) is 48.4 Å². The largest absolute Gasteiger partial charge is 0.506 e. The molecule has 0 fully saturated rings. The van der Waals surface area contributed by atoms with E-state index in [1.165, 1.54) is 0 Å². The normalized spacial score (nSPS) is 18.2. The Morgan fingerprint density at radius 1 is 1.56 bits per heavy atom. The number of aromatic nitrogens is 1. The number of hydrogen-bond acceptors (Lipinski definition) is 2. The van der Waals surface area contributed by atoms with E-state index in [4.69, 9.17) is 11.6 Å². The predicted molar refractivity (Wildman–Crippen MR) is 66.3 cm³/mol. The van der Waals surface area contributed by atoms with Crippen molar-refractivity contribution in [2.45, 2.75) is 12.8 Å². The van der Waals surface area contributed by atoms with Crippen LogP contribution in [0.3, 0.4) is 0 Å². The number of hydrogen-bond donors (Lipinski definition) is 2. The van der Waals surface area contributed by atoms with Gasteiger partial charge < -0.3 is 10.1 Å². The second kappa shape index (κ2) is 3.25. The number of phenols is 1. The first-order valence-electron chi connectivity index (χ1n) is 5.16. The minimum Gasteiger partial charge on any atom is -0.506 e. The van der Waals surface area contributed by atoms with Crippen molar-refractivity contribution < 1.29 is 5.11 Å². The molecule has 3 rings (SSSR count). The minimum atomic E-state index is 0.147. The van der Waals surface area contributed by atoms with Crippen molar-refractivity contribution >= 4 is 34.4 Å². The van der Waals surface area contributed by atoms with Crippen molar-refractivity contribution in [3.8, 4) is 5.75 Å². The zero-order valence-electron chi connectivity index (χ0n) is 8.79. The molecular weight excluding hydrogens is 224 g/mol. The van der Waals surface area contributed by atoms with Gasteiger partial charge in [0.2, 0.25) is 0 Å². The third-order valence-corrected chi connectivity index (χ3v) is 3.42. The molecule has 4 heteroatoms. The van der Waals surface area contributed by atoms with E-state index in [1.807, 2.05) is 19.3 Å². The number of alkyl halides is 1. The lowest BCUT2D eigenvalue weighted by Gasteiger charge is -2.09. The van der Waals surface area contributed by atoms with Gasteiger partial charge in [0.25, 0.3) is 0 Å². The number of benzene rings is 1. The van der Waals surface area contributed by atoms with Gasteiger partial charge in [0, 0.05) is 35.7 Å². The summed E-state index contributed by atoms with van der Waals surface area (Å²) >= 11 is 5.93. The molecule has 2 N–H and O–H groups in total. The Balaban J connectivity index is 2.43. The Kier molecular flexibility index (Phi) is 1.98. The first-order chi connectivity index (χ1) is 7.72. The fraction of sp³-hybridized carbons (Fsp3) is 0.250. The number of rotatable bonds is 1. The maximum absolute atomic E-state index is 9.87. The third kappa shape index (κ3) is 1.12. The molecule has 16 heavy (non-hydrogen) atoms. The van der Waals surface area contributed by atoms with E-state index in [1.54, 1.807) is 6.07 Å². The monoisotopic (exact) mass is 234 g/mol. The number of nitrogens with zero attached hydrogens (tertiary/aromatic N) is 1. The summed E-state index contributed by atoms with van der Waals surface area (Å²) in [5.74, 6) is 0.907. The molecule has 82 valence electrons. The molecule has 0 spiro atoms. The maximum Gasteiger partial charge on any atom is 0.141 e. The number of aromatic amines is 1. The van der Waals surface area contributed by atoms with Gasteiger partial charge in [0.05, 0.1) is 11.2 Å². The lowest BCUT2D eigenvalue weighted by atomic mass is 9.96. The molecule has 3 nitrogen and oxygen atoms in total. The molecule has 2 heterocycles. The summed E-state index contributed by atoms with van der Waals surface area (Å²) in [6.45, 7) is 2.02. The highest BCUT2D eigenvalue weighted by atomic mass is 35.5. The number of H-pyrrole nitrogens is 1. The first-order valence-corrected chi connectivity index (χ1v) is 5.69. The zero-order valence-corrected chi connectivity index (χ0v) is 9.54. The highest BCUT2D eigenvalue weighted by molar-refractivity contribution is 6.20. The summed E-state index contributed by atoms with van der Waals surface area (Å²) < 4.78 is 0. The Bertz CT molecular complexity index is 601. The SMILES string of the molecule is Cc1c[nH]c2c(O)cc3c(c12)C(CCl)C=N3. The molecular formula is C12H11ClN2O. The Morgan fingerprint density at radius 2 is 2.38 bits per heavy atom. The number of nitrogens with one attached hydrogen (secondary N) is 1. The van der Waals surface area contributed by atoms with Crippen molar-refractivity contribution in [2.24, 2.45) is 4.99 Å². The van der Waals surface area contributed by atoms with E-state index in [0.717, 1.165) is 27.7 Å². The summed E-state index contributed by atoms with van der Waals surface area (Å²) in [6.07, 6.45) is 3.75. The van der Waals surface area contributed by atoms with Crippen molar-refractivity contribution in [3.05, 3.63) is 23.4 Å². The van der Waals surface area contributed by atoms with Crippen LogP contribution in [0.5, 0.6) is 5.75 Å². The fourth-order valence-electron chi connectivity index (χ4n) is 2.32. The van der Waals surface area contributed by atoms with Crippen LogP contribution in [0.1, 0.15) is 17.0 Å². The van der Waals surface area contributed by atoms with E-state index in [9.17, 15) is 5.11 Å². The molecule has 0 aliphatic carbocycles. The molecule has 2 aromatic rings. The number of aryl methyl sites for hydroxylation is 1. The van der Waals surface area contributed by atoms with Crippen LogP contribution in [0.2, 0.25) is 0 Å². The van der Waals surface area contributed by atoms with Gasteiger partial charge in [0.1, 0.15) is 5.75 Å². The van der Waals surface area contributed by atoms with Crippen molar-refractivity contribution in [1.29, 1.82) is 0 Å². The molecule has 0 bridgehead atoms. The third-order valence-electron chi connectivity index (χ3n) is 3.08. The average molecular weight is 235 g/mol. The highest BCUT2D eigenvalue weighted by Crippen LogP contribution is 2.43. The fourth-order valence-corrected chi connectivity index (χ4v) is 2.56. The van der Waals surface area contributed by atoms with Gasteiger partial charge in [-0.05, 0) is 18.1 Å². The van der Waals surface area contributed by atoms with E-state index in [2.05, 4.69) is 9.98 Å². The Hall–Kier alpha value is -1.48. The zero-order chi connectivity index (χ0) is 11.3. The van der Waals surface area contributed by atoms with Gasteiger partial charge in [-0.25, -0.2) is 0 Å². The van der Waals surface area contributed by atoms with Crippen LogP contribution >= 0.6 is 11.6 Å². The van der Waals surface area contributed by atoms with Gasteiger partial charge >= 0.3 is 0 Å². The van der Waals surface area contributed by atoms with Gasteiger partial charge in [-0.15, -0.1) is 11.6 Å². The van der Waals surface area contributed by atoms with Crippen LogP contribution in [0.15, 0.2) is 17.3 Å². The maximum atomic E-state index is 9.87. The van der Waals surface area contributed by atoms with E-state index in [-0.39, 0.29) is 11.7 Å². The van der Waals surface area contributed by atoms with E-state index < -0.39 is 0 Å². The van der Waals surface area contributed by atoms with Crippen LogP contribution < -0.4 is 0 Å². The van der Waals surface area contributed by atoms with Gasteiger partial charge in [-0.3, -0.25) is 4.99 Å². The average Bonchev–Trinajstić information content (AvgIpc) is 2.82. The summed E-state index contributed by atoms with van der Waals surface area (Å²) in [5.41, 5.74) is 3.85. The Morgan fingerprint density at radius 3 is 3.12 bits per heavy atom. The second-order valence-electron chi connectivity index (χ2n) is 4.09. The van der Waals surface area contributed by atoms with E-state index in [0.29, 0.717) is 5.88 Å². The van der Waals surface area contributed by atoms with Crippen molar-refractivity contribution in [2.75, 3.05) is 5.88 Å². The number of halogens is 1. The molecule has 1 aromatic carbocycles. The first kappa shape index (κ1) is 9.73. The summed E-state index contributed by atoms with van der Waals surface area (Å²) in [4.78, 5) is 7.38. The molecule has 0 amide bonds. The van der Waals surface area contributed by atoms with Crippen LogP contribution in [0.4, 0.5) is 5.69 Å². The molecule has 1 aromatic heterocycles. The standard InChI is InChI=1S/C12H11ClN2O/c1-6-4-15-12-9(16)2-8-11(10(6)12)7(3-13)5-14-8/h2,4-5,7,15-16H,3H2,1H3. The number of fused-ring (bicyclic) bond motifs is 3. The van der Waals surface area contributed by atoms with Gasteiger partial charge in [-0.2, -0.15) is 0 Å². The molecule has 1 unspecified atom stereocenters. The molecule has 0 saturated carbocycles. The Labute approximate surface area is 97.8 Å². The van der Waals surface area contributed by atoms with Crippen molar-refractivity contribution in [3.63, 3.8) is 0 Å². The summed E-state index contributed by atoms with van der Waals surface area (Å²) in [5, 5.41) is 10.9. The second-order valence-corrected chi connectivity index (χ2v) is 4.40.